The van der Waals surface area contributed by atoms with E-state index in [2.05, 4.69) is 8.44 Å². The van der Waals surface area contributed by atoms with Crippen molar-refractivity contribution >= 4 is 24.8 Å². The van der Waals surface area contributed by atoms with E-state index in [4.69, 9.17) is 4.74 Å². The second-order valence-electron chi connectivity index (χ2n) is 3.42. The molecule has 0 saturated heterocycles. The average Bonchev–Trinajstić information content (AvgIpc) is 1.79. The fourth-order valence-electron chi connectivity index (χ4n) is 0.576. The van der Waals surface area contributed by atoms with E-state index in [-0.39, 0.29) is 12.4 Å². The van der Waals surface area contributed by atoms with Gasteiger partial charge in [-0.1, -0.05) is 0 Å². The SMILES string of the molecule is CC(C)(C)OC(=O)CCS(=O)P. The largest absolute Gasteiger partial charge is 0.460 e. The molecular weight excluding hydrogens is 195 g/mol. The molecule has 5 heteroatoms. The highest BCUT2D eigenvalue weighted by Gasteiger charge is 2.15. The Morgan fingerprint density at radius 3 is 2.33 bits per heavy atom. The van der Waals surface area contributed by atoms with E-state index in [1.807, 2.05) is 20.8 Å². The van der Waals surface area contributed by atoms with Crippen LogP contribution in [-0.2, 0) is 20.0 Å². The molecule has 0 aromatic rings. The summed E-state index contributed by atoms with van der Waals surface area (Å²) < 4.78 is 15.6. The number of carbonyl (C=O) groups excluding carboxylic acids is 1. The Morgan fingerprint density at radius 1 is 1.50 bits per heavy atom. The van der Waals surface area contributed by atoms with Gasteiger partial charge in [0.2, 0.25) is 0 Å². The molecule has 0 aromatic heterocycles. The van der Waals surface area contributed by atoms with Crippen LogP contribution in [0.25, 0.3) is 0 Å². The molecule has 72 valence electrons. The first kappa shape index (κ1) is 12.0. The maximum atomic E-state index is 11.0. The molecule has 0 saturated carbocycles. The van der Waals surface area contributed by atoms with Gasteiger partial charge < -0.3 is 4.74 Å². The van der Waals surface area contributed by atoms with Crippen LogP contribution in [0.4, 0.5) is 0 Å². The second kappa shape index (κ2) is 4.93. The summed E-state index contributed by atoms with van der Waals surface area (Å²) in [6, 6.07) is 0. The van der Waals surface area contributed by atoms with E-state index < -0.39 is 16.0 Å². The van der Waals surface area contributed by atoms with E-state index in [1.165, 1.54) is 0 Å². The molecular formula is C7H15O3PS. The van der Waals surface area contributed by atoms with E-state index >= 15 is 0 Å². The molecule has 0 aliphatic heterocycles. The summed E-state index contributed by atoms with van der Waals surface area (Å²) in [4.78, 5) is 11.0. The van der Waals surface area contributed by atoms with Crippen molar-refractivity contribution in [3.05, 3.63) is 0 Å². The van der Waals surface area contributed by atoms with E-state index in [1.54, 1.807) is 0 Å². The molecule has 2 unspecified atom stereocenters. The summed E-state index contributed by atoms with van der Waals surface area (Å²) in [6.07, 6.45) is 0.216. The molecule has 0 rings (SSSR count). The maximum Gasteiger partial charge on any atom is 0.307 e. The van der Waals surface area contributed by atoms with Gasteiger partial charge in [-0.3, -0.25) is 9.00 Å². The summed E-state index contributed by atoms with van der Waals surface area (Å²) in [5.74, 6) is 0.0536. The van der Waals surface area contributed by atoms with Gasteiger partial charge in [0.05, 0.1) is 6.42 Å². The van der Waals surface area contributed by atoms with Crippen molar-refractivity contribution in [2.24, 2.45) is 0 Å². The van der Waals surface area contributed by atoms with Crippen LogP contribution in [0.2, 0.25) is 0 Å². The quantitative estimate of drug-likeness (QED) is 0.520. The number of carbonyl (C=O) groups is 1. The van der Waals surface area contributed by atoms with Crippen molar-refractivity contribution in [1.82, 2.24) is 0 Å². The normalized spacial score (nSPS) is 14.0. The third-order valence-corrected chi connectivity index (χ3v) is 2.24. The summed E-state index contributed by atoms with van der Waals surface area (Å²) >= 11 is 0. The van der Waals surface area contributed by atoms with Gasteiger partial charge in [-0.05, 0) is 29.2 Å². The Hall–Kier alpha value is 0.0500. The van der Waals surface area contributed by atoms with Gasteiger partial charge >= 0.3 is 5.97 Å². The van der Waals surface area contributed by atoms with Crippen molar-refractivity contribution in [1.29, 1.82) is 0 Å². The van der Waals surface area contributed by atoms with Crippen LogP contribution >= 0.6 is 8.44 Å². The molecule has 0 bridgehead atoms. The minimum Gasteiger partial charge on any atom is -0.460 e. The van der Waals surface area contributed by atoms with Gasteiger partial charge in [0, 0.05) is 16.2 Å². The summed E-state index contributed by atoms with van der Waals surface area (Å²) in [5.41, 5.74) is -0.445. The molecule has 12 heavy (non-hydrogen) atoms. The fraction of sp³-hybridized carbons (Fsp3) is 0.857. The van der Waals surface area contributed by atoms with Crippen LogP contribution in [0, 0.1) is 0 Å². The Labute approximate surface area is 77.7 Å². The van der Waals surface area contributed by atoms with E-state index in [0.29, 0.717) is 5.75 Å². The lowest BCUT2D eigenvalue weighted by Crippen LogP contribution is -2.24. The average molecular weight is 210 g/mol. The predicted molar refractivity (Wildman–Crippen MR) is 53.2 cm³/mol. The van der Waals surface area contributed by atoms with Gasteiger partial charge in [-0.15, -0.1) is 0 Å². The minimum atomic E-state index is -0.999. The number of hydrogen-bond acceptors (Lipinski definition) is 3. The second-order valence-corrected chi connectivity index (χ2v) is 6.17. The van der Waals surface area contributed by atoms with Crippen molar-refractivity contribution in [3.8, 4) is 0 Å². The van der Waals surface area contributed by atoms with Crippen LogP contribution in [0.5, 0.6) is 0 Å². The zero-order valence-corrected chi connectivity index (χ0v) is 9.60. The highest BCUT2D eigenvalue weighted by atomic mass is 32.7. The van der Waals surface area contributed by atoms with Crippen LogP contribution < -0.4 is 0 Å². The minimum absolute atomic E-state index is 0.216. The van der Waals surface area contributed by atoms with Gasteiger partial charge in [0.1, 0.15) is 5.60 Å². The lowest BCUT2D eigenvalue weighted by atomic mass is 10.2. The highest BCUT2D eigenvalue weighted by Crippen LogP contribution is 2.08. The Bertz CT molecular complexity index is 186. The Morgan fingerprint density at radius 2 is 2.00 bits per heavy atom. The predicted octanol–water partition coefficient (Wildman–Crippen LogP) is 1.26. The van der Waals surface area contributed by atoms with Gasteiger partial charge in [0.15, 0.2) is 0 Å². The van der Waals surface area contributed by atoms with E-state index in [9.17, 15) is 9.00 Å². The molecule has 2 atom stereocenters. The van der Waals surface area contributed by atoms with Crippen molar-refractivity contribution in [3.63, 3.8) is 0 Å². The van der Waals surface area contributed by atoms with Crippen LogP contribution in [0.1, 0.15) is 27.2 Å². The zero-order valence-electron chi connectivity index (χ0n) is 7.62. The number of esters is 1. The van der Waals surface area contributed by atoms with Gasteiger partial charge in [-0.2, -0.15) is 0 Å². The molecule has 0 N–H and O–H groups in total. The molecule has 0 aliphatic carbocycles. The smallest absolute Gasteiger partial charge is 0.307 e. The molecule has 0 aliphatic rings. The number of hydrogen-bond donors (Lipinski definition) is 0. The van der Waals surface area contributed by atoms with Crippen molar-refractivity contribution in [2.75, 3.05) is 5.75 Å². The molecule has 0 heterocycles. The summed E-state index contributed by atoms with van der Waals surface area (Å²) in [7, 11) is 1.14. The zero-order chi connectivity index (χ0) is 9.78. The molecule has 0 fully saturated rings. The van der Waals surface area contributed by atoms with Gasteiger partial charge in [0.25, 0.3) is 0 Å². The first-order valence-electron chi connectivity index (χ1n) is 3.66. The number of rotatable bonds is 3. The fourth-order valence-corrected chi connectivity index (χ4v) is 1.30. The third-order valence-electron chi connectivity index (χ3n) is 0.927. The van der Waals surface area contributed by atoms with Gasteiger partial charge in [-0.25, -0.2) is 0 Å². The summed E-state index contributed by atoms with van der Waals surface area (Å²) in [6.45, 7) is 5.42. The third kappa shape index (κ3) is 8.15. The van der Waals surface area contributed by atoms with Crippen molar-refractivity contribution in [2.45, 2.75) is 32.8 Å². The summed E-state index contributed by atoms with van der Waals surface area (Å²) in [5, 5.41) is 0. The first-order valence-corrected chi connectivity index (χ1v) is 6.45. The molecule has 0 spiro atoms. The standard InChI is InChI=1S/C7H15O3PS/c1-7(2,3)10-6(8)4-5-12(9)11/h4-5,11H2,1-3H3. The lowest BCUT2D eigenvalue weighted by Gasteiger charge is -2.19. The molecule has 0 aromatic carbocycles. The van der Waals surface area contributed by atoms with E-state index in [0.717, 1.165) is 0 Å². The number of ether oxygens (including phenoxy) is 1. The topological polar surface area (TPSA) is 43.4 Å². The van der Waals surface area contributed by atoms with Crippen LogP contribution in [0.3, 0.4) is 0 Å². The Balaban J connectivity index is 3.68. The molecule has 0 radical (unpaired) electrons. The Kier molecular flexibility index (Phi) is 4.95. The maximum absolute atomic E-state index is 11.0. The van der Waals surface area contributed by atoms with Crippen molar-refractivity contribution < 1.29 is 13.7 Å². The van der Waals surface area contributed by atoms with Crippen LogP contribution in [-0.4, -0.2) is 21.5 Å². The molecule has 3 nitrogen and oxygen atoms in total. The first-order chi connectivity index (χ1) is 5.31. The molecule has 0 amide bonds. The monoisotopic (exact) mass is 210 g/mol. The van der Waals surface area contributed by atoms with Crippen LogP contribution in [0.15, 0.2) is 0 Å². The lowest BCUT2D eigenvalue weighted by molar-refractivity contribution is -0.154. The highest BCUT2D eigenvalue weighted by molar-refractivity contribution is 8.33.